The number of para-hydroxylation sites is 1. The Morgan fingerprint density at radius 1 is 1.03 bits per heavy atom. The lowest BCUT2D eigenvalue weighted by atomic mass is 9.73. The van der Waals surface area contributed by atoms with Crippen molar-refractivity contribution in [1.82, 2.24) is 19.6 Å². The van der Waals surface area contributed by atoms with E-state index in [1.807, 2.05) is 29.2 Å². The molecule has 1 saturated carbocycles. The molecule has 0 bridgehead atoms. The van der Waals surface area contributed by atoms with Crippen LogP contribution in [0.4, 0.5) is 0 Å². The molecule has 1 N–H and O–H groups in total. The molecule has 2 aromatic heterocycles. The zero-order valence-corrected chi connectivity index (χ0v) is 19.4. The number of nitrogens with zero attached hydrogens (tertiary/aromatic N) is 3. The lowest BCUT2D eigenvalue weighted by Gasteiger charge is -2.44. The van der Waals surface area contributed by atoms with Crippen LogP contribution in [0.3, 0.4) is 0 Å². The molecular weight excluding hydrogens is 444 g/mol. The van der Waals surface area contributed by atoms with Crippen molar-refractivity contribution in [3.05, 3.63) is 76.3 Å². The van der Waals surface area contributed by atoms with E-state index in [4.69, 9.17) is 4.74 Å². The molecule has 4 atom stereocenters. The lowest BCUT2D eigenvalue weighted by molar-refractivity contribution is -0.141. The van der Waals surface area contributed by atoms with Crippen molar-refractivity contribution in [2.45, 2.75) is 44.2 Å². The number of rotatable bonds is 3. The lowest BCUT2D eigenvalue weighted by Crippen LogP contribution is -2.52. The minimum atomic E-state index is -0.422. The molecule has 3 aromatic rings. The predicted molar refractivity (Wildman–Crippen MR) is 129 cm³/mol. The van der Waals surface area contributed by atoms with E-state index in [-0.39, 0.29) is 29.0 Å². The van der Waals surface area contributed by atoms with Gasteiger partial charge in [-0.15, -0.1) is 0 Å². The number of likely N-dealkylation sites (tertiary alicyclic amines) is 1. The summed E-state index contributed by atoms with van der Waals surface area (Å²) >= 11 is 0. The van der Waals surface area contributed by atoms with Crippen LogP contribution < -0.4 is 15.6 Å². The van der Waals surface area contributed by atoms with E-state index in [1.165, 1.54) is 10.6 Å². The van der Waals surface area contributed by atoms with Crippen LogP contribution in [-0.2, 0) is 11.2 Å². The van der Waals surface area contributed by atoms with Gasteiger partial charge in [-0.05, 0) is 61.3 Å². The second kappa shape index (κ2) is 8.83. The number of hydrogen-bond donors (Lipinski definition) is 1. The quantitative estimate of drug-likeness (QED) is 0.632. The fraction of sp³-hybridized carbons (Fsp3) is 0.407. The van der Waals surface area contributed by atoms with Gasteiger partial charge in [0.15, 0.2) is 6.10 Å². The van der Waals surface area contributed by atoms with Gasteiger partial charge >= 0.3 is 0 Å². The van der Waals surface area contributed by atoms with Gasteiger partial charge in [0, 0.05) is 37.9 Å². The summed E-state index contributed by atoms with van der Waals surface area (Å²) in [6.45, 7) is 1.46. The molecule has 2 fully saturated rings. The molecule has 1 saturated heterocycles. The molecule has 8 nitrogen and oxygen atoms in total. The number of carbonyl (C=O) groups excluding carboxylic acids is 2. The standard InChI is InChI=1S/C27H28N4O4/c32-25(21-15-28-24-7-3-4-11-31(24)26(21)33)29-20-9-8-19-16-30(12-10-17(19)13-20)27(34)23-14-18-5-1-2-6-22(18)35-23/h1-7,11,15,17,19-20,23H,8-10,12-14,16H2,(H,29,32). The first-order valence-electron chi connectivity index (χ1n) is 12.4. The first kappa shape index (κ1) is 21.8. The van der Waals surface area contributed by atoms with Crippen molar-refractivity contribution in [2.75, 3.05) is 13.1 Å². The van der Waals surface area contributed by atoms with Gasteiger partial charge in [0.1, 0.15) is 17.0 Å². The number of piperidine rings is 1. The van der Waals surface area contributed by atoms with Gasteiger partial charge in [0.25, 0.3) is 17.4 Å². The van der Waals surface area contributed by atoms with Crippen LogP contribution in [0.1, 0.15) is 41.6 Å². The molecule has 1 aliphatic carbocycles. The summed E-state index contributed by atoms with van der Waals surface area (Å²) in [4.78, 5) is 45.0. The number of pyridine rings is 1. The Morgan fingerprint density at radius 3 is 2.77 bits per heavy atom. The number of fused-ring (bicyclic) bond motifs is 3. The molecule has 4 unspecified atom stereocenters. The second-order valence-corrected chi connectivity index (χ2v) is 9.90. The molecule has 180 valence electrons. The summed E-state index contributed by atoms with van der Waals surface area (Å²) in [7, 11) is 0. The highest BCUT2D eigenvalue weighted by atomic mass is 16.5. The molecule has 4 heterocycles. The topological polar surface area (TPSA) is 93.0 Å². The van der Waals surface area contributed by atoms with Gasteiger partial charge in [-0.3, -0.25) is 18.8 Å². The van der Waals surface area contributed by atoms with E-state index in [2.05, 4.69) is 10.3 Å². The third kappa shape index (κ3) is 4.07. The van der Waals surface area contributed by atoms with Crippen molar-refractivity contribution in [3.8, 4) is 5.75 Å². The van der Waals surface area contributed by atoms with Crippen molar-refractivity contribution in [2.24, 2.45) is 11.8 Å². The van der Waals surface area contributed by atoms with Gasteiger partial charge in [-0.25, -0.2) is 4.98 Å². The molecular formula is C27H28N4O4. The Kier molecular flexibility index (Phi) is 5.51. The number of carbonyl (C=O) groups is 2. The SMILES string of the molecule is O=C(NC1CCC2CN(C(=O)C3Cc4ccccc4O3)CCC2C1)c1cnc2ccccn2c1=O. The molecule has 2 aliphatic heterocycles. The average Bonchev–Trinajstić information content (AvgIpc) is 3.33. The third-order valence-corrected chi connectivity index (χ3v) is 7.79. The first-order chi connectivity index (χ1) is 17.1. The van der Waals surface area contributed by atoms with E-state index in [1.54, 1.807) is 24.4 Å². The van der Waals surface area contributed by atoms with E-state index < -0.39 is 6.10 Å². The number of nitrogens with one attached hydrogen (secondary N) is 1. The fourth-order valence-electron chi connectivity index (χ4n) is 5.92. The summed E-state index contributed by atoms with van der Waals surface area (Å²) in [5.41, 5.74) is 1.32. The summed E-state index contributed by atoms with van der Waals surface area (Å²) in [6, 6.07) is 13.2. The highest BCUT2D eigenvalue weighted by molar-refractivity contribution is 5.94. The van der Waals surface area contributed by atoms with Crippen molar-refractivity contribution < 1.29 is 14.3 Å². The van der Waals surface area contributed by atoms with E-state index in [0.717, 1.165) is 43.5 Å². The molecule has 0 spiro atoms. The van der Waals surface area contributed by atoms with Crippen molar-refractivity contribution in [1.29, 1.82) is 0 Å². The zero-order chi connectivity index (χ0) is 23.9. The smallest absolute Gasteiger partial charge is 0.270 e. The normalized spacial score (nSPS) is 25.4. The molecule has 3 aliphatic rings. The number of hydrogen-bond acceptors (Lipinski definition) is 5. The van der Waals surface area contributed by atoms with Crippen LogP contribution in [-0.4, -0.2) is 51.3 Å². The van der Waals surface area contributed by atoms with E-state index in [0.29, 0.717) is 30.4 Å². The highest BCUT2D eigenvalue weighted by Crippen LogP contribution is 2.37. The van der Waals surface area contributed by atoms with E-state index in [9.17, 15) is 14.4 Å². The predicted octanol–water partition coefficient (Wildman–Crippen LogP) is 2.45. The van der Waals surface area contributed by atoms with Gasteiger partial charge < -0.3 is 15.0 Å². The molecule has 6 rings (SSSR count). The summed E-state index contributed by atoms with van der Waals surface area (Å²) in [5, 5.41) is 3.07. The Hall–Kier alpha value is -3.68. The highest BCUT2D eigenvalue weighted by Gasteiger charge is 2.40. The Morgan fingerprint density at radius 2 is 1.89 bits per heavy atom. The maximum Gasteiger partial charge on any atom is 0.270 e. The molecule has 2 amide bonds. The molecule has 35 heavy (non-hydrogen) atoms. The van der Waals surface area contributed by atoms with Crippen LogP contribution >= 0.6 is 0 Å². The summed E-state index contributed by atoms with van der Waals surface area (Å²) in [5.74, 6) is 1.42. The first-order valence-corrected chi connectivity index (χ1v) is 12.4. The van der Waals surface area contributed by atoms with E-state index >= 15 is 0 Å². The fourth-order valence-corrected chi connectivity index (χ4v) is 5.92. The zero-order valence-electron chi connectivity index (χ0n) is 19.4. The number of ether oxygens (including phenoxy) is 1. The molecule has 0 radical (unpaired) electrons. The Labute approximate surface area is 202 Å². The van der Waals surface area contributed by atoms with Crippen LogP contribution in [0.5, 0.6) is 5.75 Å². The maximum atomic E-state index is 13.1. The maximum absolute atomic E-state index is 13.1. The van der Waals surface area contributed by atoms with Crippen molar-refractivity contribution >= 4 is 17.5 Å². The van der Waals surface area contributed by atoms with Crippen molar-refractivity contribution in [3.63, 3.8) is 0 Å². The third-order valence-electron chi connectivity index (χ3n) is 7.79. The van der Waals surface area contributed by atoms with Gasteiger partial charge in [0.05, 0.1) is 0 Å². The van der Waals surface area contributed by atoms with Gasteiger partial charge in [-0.1, -0.05) is 24.3 Å². The van der Waals surface area contributed by atoms with Gasteiger partial charge in [0.2, 0.25) is 0 Å². The van der Waals surface area contributed by atoms with Crippen LogP contribution in [0.2, 0.25) is 0 Å². The Bertz CT molecular complexity index is 1330. The largest absolute Gasteiger partial charge is 0.480 e. The number of amides is 2. The Balaban J connectivity index is 1.06. The monoisotopic (exact) mass is 472 g/mol. The summed E-state index contributed by atoms with van der Waals surface area (Å²) < 4.78 is 7.32. The second-order valence-electron chi connectivity index (χ2n) is 9.90. The average molecular weight is 473 g/mol. The van der Waals surface area contributed by atoms with Gasteiger partial charge in [-0.2, -0.15) is 0 Å². The minimum absolute atomic E-state index is 0.0227. The van der Waals surface area contributed by atoms with Crippen LogP contribution in [0.15, 0.2) is 59.7 Å². The van der Waals surface area contributed by atoms with Crippen LogP contribution in [0, 0.1) is 11.8 Å². The number of aromatic nitrogens is 2. The molecule has 8 heteroatoms. The van der Waals surface area contributed by atoms with Crippen LogP contribution in [0.25, 0.3) is 5.65 Å². The number of benzene rings is 1. The molecule has 1 aromatic carbocycles. The minimum Gasteiger partial charge on any atom is -0.480 e. The summed E-state index contributed by atoms with van der Waals surface area (Å²) in [6.07, 6.45) is 6.77.